The molecule has 6 heteroatoms. The summed E-state index contributed by atoms with van der Waals surface area (Å²) in [4.78, 5) is 17.9. The molecule has 2 rings (SSSR count). The van der Waals surface area contributed by atoms with E-state index in [1.54, 1.807) is 13.1 Å². The predicted octanol–water partition coefficient (Wildman–Crippen LogP) is 0.409. The van der Waals surface area contributed by atoms with Crippen molar-refractivity contribution in [1.29, 1.82) is 0 Å². The van der Waals surface area contributed by atoms with Crippen LogP contribution in [0.15, 0.2) is 12.1 Å². The van der Waals surface area contributed by atoms with Gasteiger partial charge >= 0.3 is 0 Å². The van der Waals surface area contributed by atoms with Gasteiger partial charge in [-0.3, -0.25) is 4.79 Å². The van der Waals surface area contributed by atoms with Gasteiger partial charge in [0.2, 0.25) is 11.9 Å². The Morgan fingerprint density at radius 3 is 2.93 bits per heavy atom. The van der Waals surface area contributed by atoms with E-state index < -0.39 is 5.91 Å². The molecule has 0 aliphatic heterocycles. The van der Waals surface area contributed by atoms with Gasteiger partial charge in [-0.05, 0) is 12.1 Å². The Labute approximate surface area is 85.1 Å². The van der Waals surface area contributed by atoms with Crippen LogP contribution in [0, 0.1) is 0 Å². The fraction of sp³-hybridized carbons (Fsp3) is 0.111. The zero-order valence-electron chi connectivity index (χ0n) is 8.03. The zero-order chi connectivity index (χ0) is 11.0. The molecular weight excluding hydrogens is 196 g/mol. The van der Waals surface area contributed by atoms with Crippen LogP contribution in [0.4, 0.5) is 5.95 Å². The molecule has 0 fully saturated rings. The maximum atomic E-state index is 10.9. The highest BCUT2D eigenvalue weighted by atomic mass is 16.3. The van der Waals surface area contributed by atoms with Gasteiger partial charge in [0.05, 0.1) is 5.52 Å². The number of nitrogens with two attached hydrogens (primary N) is 1. The minimum Gasteiger partial charge on any atom is -0.506 e. The number of aromatic hydroxyl groups is 1. The number of hydrogen-bond acceptors (Lipinski definition) is 4. The largest absolute Gasteiger partial charge is 0.506 e. The van der Waals surface area contributed by atoms with Crippen LogP contribution in [0.5, 0.6) is 5.75 Å². The number of aromatic nitrogens is 2. The third kappa shape index (κ3) is 1.45. The molecule has 0 unspecified atom stereocenters. The molecule has 2 aromatic rings. The van der Waals surface area contributed by atoms with Crippen molar-refractivity contribution in [2.24, 2.45) is 5.73 Å². The number of phenols is 1. The molecule has 5 N–H and O–H groups in total. The van der Waals surface area contributed by atoms with Gasteiger partial charge in [-0.1, -0.05) is 0 Å². The lowest BCUT2D eigenvalue weighted by molar-refractivity contribution is 0.1000. The first-order valence-electron chi connectivity index (χ1n) is 4.32. The van der Waals surface area contributed by atoms with Crippen LogP contribution in [-0.2, 0) is 0 Å². The number of benzene rings is 1. The zero-order valence-corrected chi connectivity index (χ0v) is 8.03. The number of nitrogens with zero attached hydrogens (tertiary/aromatic N) is 1. The molecule has 0 spiro atoms. The van der Waals surface area contributed by atoms with E-state index >= 15 is 0 Å². The summed E-state index contributed by atoms with van der Waals surface area (Å²) in [7, 11) is 1.70. The molecule has 1 heterocycles. The van der Waals surface area contributed by atoms with E-state index in [0.29, 0.717) is 17.0 Å². The Hall–Kier alpha value is -2.24. The second-order valence-corrected chi connectivity index (χ2v) is 3.09. The number of primary amides is 1. The number of fused-ring (bicyclic) bond motifs is 1. The van der Waals surface area contributed by atoms with Crippen molar-refractivity contribution >= 4 is 22.9 Å². The Balaban J connectivity index is 2.70. The molecule has 1 aromatic heterocycles. The third-order valence-electron chi connectivity index (χ3n) is 2.09. The van der Waals surface area contributed by atoms with Crippen LogP contribution in [0.2, 0.25) is 0 Å². The van der Waals surface area contributed by atoms with Gasteiger partial charge in [0, 0.05) is 12.6 Å². The fourth-order valence-corrected chi connectivity index (χ4v) is 1.36. The number of hydrogen-bond donors (Lipinski definition) is 4. The summed E-state index contributed by atoms with van der Waals surface area (Å²) in [6, 6.07) is 2.84. The highest BCUT2D eigenvalue weighted by molar-refractivity contribution is 5.98. The number of anilines is 1. The summed E-state index contributed by atoms with van der Waals surface area (Å²) in [6.45, 7) is 0. The number of nitrogens with one attached hydrogen (secondary N) is 2. The first kappa shape index (κ1) is 9.32. The quantitative estimate of drug-likeness (QED) is 0.571. The smallest absolute Gasteiger partial charge is 0.248 e. The first-order chi connectivity index (χ1) is 7.11. The van der Waals surface area contributed by atoms with Crippen molar-refractivity contribution in [1.82, 2.24) is 9.97 Å². The van der Waals surface area contributed by atoms with Crippen LogP contribution < -0.4 is 11.1 Å². The second-order valence-electron chi connectivity index (χ2n) is 3.09. The molecule has 15 heavy (non-hydrogen) atoms. The molecule has 0 radical (unpaired) electrons. The molecule has 1 amide bonds. The number of amides is 1. The molecule has 0 saturated carbocycles. The van der Waals surface area contributed by atoms with Crippen molar-refractivity contribution in [3.05, 3.63) is 17.7 Å². The second kappa shape index (κ2) is 3.16. The van der Waals surface area contributed by atoms with Gasteiger partial charge in [-0.15, -0.1) is 0 Å². The molecule has 78 valence electrons. The topological polar surface area (TPSA) is 104 Å². The summed E-state index contributed by atoms with van der Waals surface area (Å²) < 4.78 is 0. The lowest BCUT2D eigenvalue weighted by atomic mass is 10.2. The van der Waals surface area contributed by atoms with Crippen LogP contribution >= 0.6 is 0 Å². The third-order valence-corrected chi connectivity index (χ3v) is 2.09. The lowest BCUT2D eigenvalue weighted by Crippen LogP contribution is -2.10. The Bertz CT molecular complexity index is 532. The summed E-state index contributed by atoms with van der Waals surface area (Å²) in [5.41, 5.74) is 6.32. The monoisotopic (exact) mass is 206 g/mol. The van der Waals surface area contributed by atoms with Gasteiger partial charge in [0.15, 0.2) is 0 Å². The van der Waals surface area contributed by atoms with E-state index in [1.807, 2.05) is 0 Å². The predicted molar refractivity (Wildman–Crippen MR) is 55.8 cm³/mol. The van der Waals surface area contributed by atoms with E-state index in [2.05, 4.69) is 15.3 Å². The van der Waals surface area contributed by atoms with Crippen LogP contribution in [0.1, 0.15) is 10.4 Å². The average molecular weight is 206 g/mol. The van der Waals surface area contributed by atoms with Crippen molar-refractivity contribution in [3.63, 3.8) is 0 Å². The summed E-state index contributed by atoms with van der Waals surface area (Å²) in [5.74, 6) is -0.145. The standard InChI is InChI=1S/C9H10N4O2/c1-11-9-12-5-2-4(8(10)15)3-6(14)7(5)13-9/h2-3,14H,1H3,(H2,10,15)(H2,11,12,13). The number of aromatic amines is 1. The average Bonchev–Trinajstić information content (AvgIpc) is 2.61. The maximum absolute atomic E-state index is 10.9. The highest BCUT2D eigenvalue weighted by Crippen LogP contribution is 2.25. The highest BCUT2D eigenvalue weighted by Gasteiger charge is 2.10. The van der Waals surface area contributed by atoms with Gasteiger partial charge in [-0.2, -0.15) is 0 Å². The van der Waals surface area contributed by atoms with Crippen molar-refractivity contribution in [2.75, 3.05) is 12.4 Å². The van der Waals surface area contributed by atoms with E-state index in [1.165, 1.54) is 6.07 Å². The Morgan fingerprint density at radius 1 is 1.60 bits per heavy atom. The van der Waals surface area contributed by atoms with E-state index in [0.717, 1.165) is 0 Å². The SMILES string of the molecule is CNc1nc2c(O)cc(C(N)=O)cc2[nH]1. The Morgan fingerprint density at radius 2 is 2.33 bits per heavy atom. The van der Waals surface area contributed by atoms with Crippen LogP contribution in [0.25, 0.3) is 11.0 Å². The minimum atomic E-state index is -0.590. The number of carbonyl (C=O) groups excluding carboxylic acids is 1. The van der Waals surface area contributed by atoms with Gasteiger partial charge in [0.1, 0.15) is 11.3 Å². The summed E-state index contributed by atoms with van der Waals surface area (Å²) >= 11 is 0. The lowest BCUT2D eigenvalue weighted by Gasteiger charge is -1.97. The normalized spacial score (nSPS) is 10.5. The van der Waals surface area contributed by atoms with Crippen LogP contribution in [-0.4, -0.2) is 28.0 Å². The minimum absolute atomic E-state index is 0.0703. The number of carbonyl (C=O) groups is 1. The van der Waals surface area contributed by atoms with E-state index in [9.17, 15) is 9.90 Å². The fourth-order valence-electron chi connectivity index (χ4n) is 1.36. The number of H-pyrrole nitrogens is 1. The summed E-state index contributed by atoms with van der Waals surface area (Å²) in [6.07, 6.45) is 0. The van der Waals surface area contributed by atoms with Crippen molar-refractivity contribution in [2.45, 2.75) is 0 Å². The number of phenolic OH excluding ortho intramolecular Hbond substituents is 1. The first-order valence-corrected chi connectivity index (χ1v) is 4.32. The van der Waals surface area contributed by atoms with E-state index in [4.69, 9.17) is 5.73 Å². The van der Waals surface area contributed by atoms with Gasteiger partial charge in [0.25, 0.3) is 0 Å². The van der Waals surface area contributed by atoms with Gasteiger partial charge in [-0.25, -0.2) is 4.98 Å². The maximum Gasteiger partial charge on any atom is 0.248 e. The number of rotatable bonds is 2. The van der Waals surface area contributed by atoms with Crippen LogP contribution in [0.3, 0.4) is 0 Å². The molecule has 1 aromatic carbocycles. The van der Waals surface area contributed by atoms with E-state index in [-0.39, 0.29) is 11.3 Å². The summed E-state index contributed by atoms with van der Waals surface area (Å²) in [5, 5.41) is 12.4. The molecule has 0 saturated heterocycles. The molecular formula is C9H10N4O2. The van der Waals surface area contributed by atoms with Gasteiger partial charge < -0.3 is 21.1 Å². The Kier molecular flexibility index (Phi) is 1.96. The van der Waals surface area contributed by atoms with Crippen molar-refractivity contribution in [3.8, 4) is 5.75 Å². The van der Waals surface area contributed by atoms with Crippen molar-refractivity contribution < 1.29 is 9.90 Å². The number of imidazole rings is 1. The molecule has 0 bridgehead atoms. The molecule has 0 aliphatic rings. The molecule has 0 aliphatic carbocycles. The molecule has 0 atom stereocenters. The molecule has 6 nitrogen and oxygen atoms in total.